The third kappa shape index (κ3) is 7.06. The summed E-state index contributed by atoms with van der Waals surface area (Å²) in [6, 6.07) is 20.1. The molecule has 4 atom stereocenters. The number of nitrogens with one attached hydrogen (secondary N) is 2. The minimum absolute atomic E-state index is 0.0334. The Kier molecular flexibility index (Phi) is 9.79. The standard InChI is InChI=1S/C29H29BrF2N2O4S/c1-18-12-22(26(35)16-37-15-19-8-4-2-5-9-19)29(17-38-18,21-13-23(30)25(32)14-24(21)31)34-28(39)33-27(36)20-10-6-3-7-11-20/h2-11,13-14,18,22,26,35H,12,15-17H2,1H3,(H2,33,34,36,39)/t18-,22-,26-,29+/m0/s1. The number of aliphatic hydroxyl groups is 1. The van der Waals surface area contributed by atoms with Gasteiger partial charge in [-0.1, -0.05) is 48.5 Å². The maximum atomic E-state index is 15.4. The van der Waals surface area contributed by atoms with E-state index in [0.717, 1.165) is 11.6 Å². The lowest BCUT2D eigenvalue weighted by atomic mass is 9.71. The first-order chi connectivity index (χ1) is 18.7. The fourth-order valence-electron chi connectivity index (χ4n) is 4.82. The van der Waals surface area contributed by atoms with Crippen LogP contribution in [0.25, 0.3) is 0 Å². The molecule has 6 nitrogen and oxygen atoms in total. The third-order valence-electron chi connectivity index (χ3n) is 6.77. The fourth-order valence-corrected chi connectivity index (χ4v) is 5.44. The van der Waals surface area contributed by atoms with Crippen LogP contribution in [0.15, 0.2) is 77.3 Å². The molecule has 0 bridgehead atoms. The lowest BCUT2D eigenvalue weighted by Gasteiger charge is -2.49. The predicted molar refractivity (Wildman–Crippen MR) is 151 cm³/mol. The maximum absolute atomic E-state index is 15.4. The van der Waals surface area contributed by atoms with E-state index in [2.05, 4.69) is 26.6 Å². The molecule has 10 heteroatoms. The van der Waals surface area contributed by atoms with Crippen LogP contribution < -0.4 is 10.6 Å². The molecule has 0 radical (unpaired) electrons. The number of halogens is 3. The van der Waals surface area contributed by atoms with Gasteiger partial charge in [0.2, 0.25) is 0 Å². The molecule has 39 heavy (non-hydrogen) atoms. The summed E-state index contributed by atoms with van der Waals surface area (Å²) in [5.41, 5.74) is -0.103. The van der Waals surface area contributed by atoms with Crippen molar-refractivity contribution >= 4 is 39.2 Å². The average Bonchev–Trinajstić information content (AvgIpc) is 2.92. The van der Waals surface area contributed by atoms with Crippen molar-refractivity contribution in [1.29, 1.82) is 0 Å². The highest BCUT2D eigenvalue weighted by atomic mass is 79.9. The van der Waals surface area contributed by atoms with Gasteiger partial charge in [0.15, 0.2) is 5.11 Å². The van der Waals surface area contributed by atoms with Gasteiger partial charge in [-0.2, -0.15) is 0 Å². The Morgan fingerprint density at radius 1 is 1.15 bits per heavy atom. The van der Waals surface area contributed by atoms with Crippen LogP contribution in [-0.4, -0.2) is 41.5 Å². The van der Waals surface area contributed by atoms with Gasteiger partial charge in [-0.15, -0.1) is 0 Å². The summed E-state index contributed by atoms with van der Waals surface area (Å²) in [7, 11) is 0. The number of thiocarbonyl (C=S) groups is 1. The molecule has 206 valence electrons. The van der Waals surface area contributed by atoms with E-state index >= 15 is 4.39 Å². The van der Waals surface area contributed by atoms with Crippen molar-refractivity contribution in [2.45, 2.75) is 37.7 Å². The van der Waals surface area contributed by atoms with Crippen molar-refractivity contribution in [1.82, 2.24) is 10.6 Å². The first kappa shape index (κ1) is 29.2. The van der Waals surface area contributed by atoms with Gasteiger partial charge >= 0.3 is 0 Å². The number of carbonyl (C=O) groups excluding carboxylic acids is 1. The molecule has 0 unspecified atom stereocenters. The fraction of sp³-hybridized carbons (Fsp3) is 0.310. The molecule has 0 aliphatic carbocycles. The Morgan fingerprint density at radius 3 is 2.51 bits per heavy atom. The Balaban J connectivity index is 1.64. The van der Waals surface area contributed by atoms with Crippen LogP contribution >= 0.6 is 28.1 Å². The number of rotatable bonds is 8. The molecule has 1 aliphatic heterocycles. The first-order valence-corrected chi connectivity index (χ1v) is 13.6. The summed E-state index contributed by atoms with van der Waals surface area (Å²) in [5, 5.41) is 17.0. The molecule has 0 spiro atoms. The summed E-state index contributed by atoms with van der Waals surface area (Å²) < 4.78 is 41.5. The molecule has 4 rings (SSSR count). The minimum atomic E-state index is -1.45. The van der Waals surface area contributed by atoms with Crippen LogP contribution in [0.2, 0.25) is 0 Å². The van der Waals surface area contributed by atoms with Crippen molar-refractivity contribution in [3.8, 4) is 0 Å². The second-order valence-electron chi connectivity index (χ2n) is 9.52. The molecule has 3 aromatic carbocycles. The van der Waals surface area contributed by atoms with Crippen LogP contribution in [0.4, 0.5) is 8.78 Å². The number of hydrogen-bond donors (Lipinski definition) is 3. The van der Waals surface area contributed by atoms with E-state index in [1.54, 1.807) is 30.3 Å². The second-order valence-corrected chi connectivity index (χ2v) is 10.8. The number of amides is 1. The Hall–Kier alpha value is -2.76. The lowest BCUT2D eigenvalue weighted by Crippen LogP contribution is -2.63. The topological polar surface area (TPSA) is 79.8 Å². The Labute approximate surface area is 239 Å². The quantitative estimate of drug-likeness (QED) is 0.237. The van der Waals surface area contributed by atoms with E-state index in [4.69, 9.17) is 21.7 Å². The smallest absolute Gasteiger partial charge is 0.257 e. The number of benzene rings is 3. The highest BCUT2D eigenvalue weighted by molar-refractivity contribution is 9.10. The SMILES string of the molecule is C[C@H]1C[C@@H]([C@@H](O)COCc2ccccc2)[C@](NC(=S)NC(=O)c2ccccc2)(c2cc(Br)c(F)cc2F)CO1. The van der Waals surface area contributed by atoms with Crippen molar-refractivity contribution < 1.29 is 28.2 Å². The van der Waals surface area contributed by atoms with Crippen molar-refractivity contribution in [2.24, 2.45) is 5.92 Å². The number of ether oxygens (including phenoxy) is 2. The van der Waals surface area contributed by atoms with Crippen molar-refractivity contribution in [2.75, 3.05) is 13.2 Å². The van der Waals surface area contributed by atoms with Crippen LogP contribution in [0.5, 0.6) is 0 Å². The molecule has 3 N–H and O–H groups in total. The number of hydrogen-bond acceptors (Lipinski definition) is 5. The van der Waals surface area contributed by atoms with Crippen LogP contribution in [-0.2, 0) is 21.6 Å². The molecule has 0 saturated carbocycles. The van der Waals surface area contributed by atoms with E-state index in [1.807, 2.05) is 37.3 Å². The van der Waals surface area contributed by atoms with Crippen LogP contribution in [0, 0.1) is 17.6 Å². The molecule has 0 aromatic heterocycles. The minimum Gasteiger partial charge on any atom is -0.390 e. The third-order valence-corrected chi connectivity index (χ3v) is 7.58. The molecular formula is C29H29BrF2N2O4S. The summed E-state index contributed by atoms with van der Waals surface area (Å²) in [5.74, 6) is -2.77. The summed E-state index contributed by atoms with van der Waals surface area (Å²) in [6.45, 7) is 1.97. The van der Waals surface area contributed by atoms with Gasteiger partial charge in [-0.05, 0) is 65.3 Å². The Morgan fingerprint density at radius 2 is 1.82 bits per heavy atom. The zero-order chi connectivity index (χ0) is 28.0. The lowest BCUT2D eigenvalue weighted by molar-refractivity contribution is -0.115. The van der Waals surface area contributed by atoms with E-state index in [-0.39, 0.29) is 41.1 Å². The monoisotopic (exact) mass is 618 g/mol. The van der Waals surface area contributed by atoms with E-state index < -0.39 is 35.1 Å². The number of carbonyl (C=O) groups is 1. The van der Waals surface area contributed by atoms with Gasteiger partial charge < -0.3 is 19.9 Å². The average molecular weight is 620 g/mol. The molecule has 1 saturated heterocycles. The zero-order valence-electron chi connectivity index (χ0n) is 21.2. The van der Waals surface area contributed by atoms with Gasteiger partial charge in [0.1, 0.15) is 11.6 Å². The van der Waals surface area contributed by atoms with Gasteiger partial charge in [0.05, 0.1) is 42.0 Å². The second kappa shape index (κ2) is 13.1. The zero-order valence-corrected chi connectivity index (χ0v) is 23.6. The van der Waals surface area contributed by atoms with Crippen LogP contribution in [0.3, 0.4) is 0 Å². The van der Waals surface area contributed by atoms with Gasteiger partial charge in [0.25, 0.3) is 5.91 Å². The van der Waals surface area contributed by atoms with E-state index in [9.17, 15) is 14.3 Å². The summed E-state index contributed by atoms with van der Waals surface area (Å²) in [6.07, 6.45) is -1.04. The molecule has 1 aliphatic rings. The molecule has 1 amide bonds. The molecule has 1 fully saturated rings. The van der Waals surface area contributed by atoms with Gasteiger partial charge in [-0.25, -0.2) is 8.78 Å². The highest BCUT2D eigenvalue weighted by Gasteiger charge is 2.50. The molecule has 3 aromatic rings. The van der Waals surface area contributed by atoms with E-state index in [0.29, 0.717) is 12.0 Å². The predicted octanol–water partition coefficient (Wildman–Crippen LogP) is 5.23. The molecule has 1 heterocycles. The number of aliphatic hydroxyl groups excluding tert-OH is 1. The normalized spacial score (nSPS) is 21.7. The largest absolute Gasteiger partial charge is 0.390 e. The summed E-state index contributed by atoms with van der Waals surface area (Å²) in [4.78, 5) is 12.8. The van der Waals surface area contributed by atoms with Crippen molar-refractivity contribution in [3.05, 3.63) is 106 Å². The highest BCUT2D eigenvalue weighted by Crippen LogP contribution is 2.42. The Bertz CT molecular complexity index is 1300. The van der Waals surface area contributed by atoms with E-state index in [1.165, 1.54) is 6.07 Å². The van der Waals surface area contributed by atoms with Crippen molar-refractivity contribution in [3.63, 3.8) is 0 Å². The first-order valence-electron chi connectivity index (χ1n) is 12.4. The van der Waals surface area contributed by atoms with Gasteiger partial charge in [0, 0.05) is 23.1 Å². The van der Waals surface area contributed by atoms with Gasteiger partial charge in [-0.3, -0.25) is 10.1 Å². The molecular weight excluding hydrogens is 590 g/mol. The maximum Gasteiger partial charge on any atom is 0.257 e. The summed E-state index contributed by atoms with van der Waals surface area (Å²) >= 11 is 8.63. The van der Waals surface area contributed by atoms with Crippen LogP contribution in [0.1, 0.15) is 34.8 Å².